The van der Waals surface area contributed by atoms with Gasteiger partial charge in [0.1, 0.15) is 6.61 Å². The lowest BCUT2D eigenvalue weighted by Crippen LogP contribution is -2.37. The summed E-state index contributed by atoms with van der Waals surface area (Å²) in [5, 5.41) is 0. The van der Waals surface area contributed by atoms with Crippen LogP contribution in [0.5, 0.6) is 0 Å². The molecule has 0 aromatic heterocycles. The molecule has 0 spiro atoms. The first-order valence-electron chi connectivity index (χ1n) is 5.60. The van der Waals surface area contributed by atoms with Crippen LogP contribution >= 0.6 is 0 Å². The summed E-state index contributed by atoms with van der Waals surface area (Å²) in [7, 11) is 0. The van der Waals surface area contributed by atoms with Crippen LogP contribution in [0.3, 0.4) is 0 Å². The standard InChI is InChI=1S/C10H20F3N3O/c1-3-16(4-2)9(14)15-6-5-7-17-8-10(11,12)13/h3-8H2,1-2H3,(H2,14,15). The number of hydrogen-bond acceptors (Lipinski definition) is 2. The number of nitrogens with two attached hydrogens (primary N) is 1. The smallest absolute Gasteiger partial charge is 0.372 e. The van der Waals surface area contributed by atoms with E-state index in [1.165, 1.54) is 0 Å². The van der Waals surface area contributed by atoms with Crippen molar-refractivity contribution < 1.29 is 17.9 Å². The van der Waals surface area contributed by atoms with Gasteiger partial charge in [-0.25, -0.2) is 0 Å². The minimum absolute atomic E-state index is 0.0363. The molecule has 0 bridgehead atoms. The normalized spacial score (nSPS) is 12.9. The molecule has 0 heterocycles. The van der Waals surface area contributed by atoms with Gasteiger partial charge < -0.3 is 15.4 Å². The third kappa shape index (κ3) is 8.79. The van der Waals surface area contributed by atoms with Gasteiger partial charge in [0.15, 0.2) is 5.96 Å². The minimum Gasteiger partial charge on any atom is -0.372 e. The number of aliphatic imine (C=N–C) groups is 1. The maximum absolute atomic E-state index is 11.7. The summed E-state index contributed by atoms with van der Waals surface area (Å²) < 4.78 is 39.6. The number of hydrogen-bond donors (Lipinski definition) is 1. The molecule has 0 aromatic rings. The van der Waals surface area contributed by atoms with Crippen molar-refractivity contribution >= 4 is 5.96 Å². The Hall–Kier alpha value is -0.980. The molecule has 4 nitrogen and oxygen atoms in total. The van der Waals surface area contributed by atoms with Gasteiger partial charge in [0.2, 0.25) is 0 Å². The molecule has 0 aliphatic heterocycles. The van der Waals surface area contributed by atoms with Crippen LogP contribution in [0.15, 0.2) is 4.99 Å². The van der Waals surface area contributed by atoms with Crippen molar-refractivity contribution in [1.29, 1.82) is 0 Å². The van der Waals surface area contributed by atoms with Crippen LogP contribution in [-0.2, 0) is 4.74 Å². The van der Waals surface area contributed by atoms with Crippen LogP contribution in [0.4, 0.5) is 13.2 Å². The average Bonchev–Trinajstić information content (AvgIpc) is 2.23. The van der Waals surface area contributed by atoms with Crippen LogP contribution in [0.2, 0.25) is 0 Å². The lowest BCUT2D eigenvalue weighted by Gasteiger charge is -2.19. The Bertz CT molecular complexity index is 227. The molecule has 0 rings (SSSR count). The van der Waals surface area contributed by atoms with Gasteiger partial charge >= 0.3 is 6.18 Å². The van der Waals surface area contributed by atoms with Crippen LogP contribution in [0, 0.1) is 0 Å². The van der Waals surface area contributed by atoms with Crippen molar-refractivity contribution in [3.63, 3.8) is 0 Å². The van der Waals surface area contributed by atoms with E-state index in [-0.39, 0.29) is 6.61 Å². The van der Waals surface area contributed by atoms with E-state index in [0.717, 1.165) is 13.1 Å². The van der Waals surface area contributed by atoms with E-state index in [9.17, 15) is 13.2 Å². The van der Waals surface area contributed by atoms with Crippen LogP contribution in [0.25, 0.3) is 0 Å². The Labute approximate surface area is 99.6 Å². The van der Waals surface area contributed by atoms with E-state index < -0.39 is 12.8 Å². The van der Waals surface area contributed by atoms with Crippen LogP contribution in [-0.4, -0.2) is 49.9 Å². The van der Waals surface area contributed by atoms with Crippen LogP contribution < -0.4 is 5.73 Å². The fourth-order valence-corrected chi connectivity index (χ4v) is 1.20. The van der Waals surface area contributed by atoms with E-state index in [1.54, 1.807) is 0 Å². The minimum atomic E-state index is -4.26. The monoisotopic (exact) mass is 255 g/mol. The summed E-state index contributed by atoms with van der Waals surface area (Å²) in [4.78, 5) is 5.93. The van der Waals surface area contributed by atoms with Gasteiger partial charge in [-0.1, -0.05) is 0 Å². The van der Waals surface area contributed by atoms with E-state index in [1.807, 2.05) is 18.7 Å². The molecule has 0 atom stereocenters. The Kier molecular flexibility index (Phi) is 7.69. The predicted molar refractivity (Wildman–Crippen MR) is 60.9 cm³/mol. The van der Waals surface area contributed by atoms with E-state index in [0.29, 0.717) is 18.9 Å². The molecule has 17 heavy (non-hydrogen) atoms. The molecule has 0 aromatic carbocycles. The number of ether oxygens (including phenoxy) is 1. The maximum atomic E-state index is 11.7. The second-order valence-electron chi connectivity index (χ2n) is 3.43. The Morgan fingerprint density at radius 3 is 2.35 bits per heavy atom. The van der Waals surface area contributed by atoms with Gasteiger partial charge in [0.05, 0.1) is 0 Å². The summed E-state index contributed by atoms with van der Waals surface area (Å²) in [6, 6.07) is 0. The maximum Gasteiger partial charge on any atom is 0.411 e. The summed E-state index contributed by atoms with van der Waals surface area (Å²) >= 11 is 0. The molecule has 0 saturated heterocycles. The molecular weight excluding hydrogens is 235 g/mol. The zero-order chi connectivity index (χ0) is 13.3. The number of rotatable bonds is 7. The number of halogens is 3. The Balaban J connectivity index is 3.66. The Morgan fingerprint density at radius 1 is 1.29 bits per heavy atom. The SMILES string of the molecule is CCN(CC)C(N)=NCCCOCC(F)(F)F. The van der Waals surface area contributed by atoms with E-state index in [4.69, 9.17) is 5.73 Å². The van der Waals surface area contributed by atoms with Gasteiger partial charge in [0, 0.05) is 26.2 Å². The molecule has 0 saturated carbocycles. The summed E-state index contributed by atoms with van der Waals surface area (Å²) in [6.45, 7) is 4.64. The number of guanidine groups is 1. The van der Waals surface area contributed by atoms with Crippen molar-refractivity contribution in [2.24, 2.45) is 10.7 Å². The number of nitrogens with zero attached hydrogens (tertiary/aromatic N) is 2. The molecule has 2 N–H and O–H groups in total. The molecule has 0 fully saturated rings. The average molecular weight is 255 g/mol. The number of alkyl halides is 3. The first kappa shape index (κ1) is 16.0. The molecule has 0 radical (unpaired) electrons. The topological polar surface area (TPSA) is 50.8 Å². The first-order chi connectivity index (χ1) is 7.90. The summed E-state index contributed by atoms with van der Waals surface area (Å²) in [5.41, 5.74) is 5.68. The largest absolute Gasteiger partial charge is 0.411 e. The van der Waals surface area contributed by atoms with Gasteiger partial charge in [-0.3, -0.25) is 4.99 Å². The molecule has 0 aliphatic carbocycles. The highest BCUT2D eigenvalue weighted by molar-refractivity contribution is 5.77. The van der Waals surface area contributed by atoms with E-state index in [2.05, 4.69) is 9.73 Å². The second kappa shape index (κ2) is 8.16. The third-order valence-electron chi connectivity index (χ3n) is 2.07. The molecular formula is C10H20F3N3O. The summed E-state index contributed by atoms with van der Waals surface area (Å²) in [5.74, 6) is 0.422. The Morgan fingerprint density at radius 2 is 1.88 bits per heavy atom. The quantitative estimate of drug-likeness (QED) is 0.427. The molecule has 0 unspecified atom stereocenters. The van der Waals surface area contributed by atoms with Crippen molar-refractivity contribution in [2.45, 2.75) is 26.4 Å². The fraction of sp³-hybridized carbons (Fsp3) is 0.900. The second-order valence-corrected chi connectivity index (χ2v) is 3.43. The molecule has 0 amide bonds. The highest BCUT2D eigenvalue weighted by Crippen LogP contribution is 2.14. The zero-order valence-corrected chi connectivity index (χ0v) is 10.3. The predicted octanol–water partition coefficient (Wildman–Crippen LogP) is 1.61. The zero-order valence-electron chi connectivity index (χ0n) is 10.3. The van der Waals surface area contributed by atoms with Crippen molar-refractivity contribution in [2.75, 3.05) is 32.8 Å². The van der Waals surface area contributed by atoms with Crippen LogP contribution in [0.1, 0.15) is 20.3 Å². The van der Waals surface area contributed by atoms with Crippen molar-refractivity contribution in [3.8, 4) is 0 Å². The summed E-state index contributed by atoms with van der Waals surface area (Å²) in [6.07, 6.45) is -3.83. The van der Waals surface area contributed by atoms with Crippen molar-refractivity contribution in [3.05, 3.63) is 0 Å². The first-order valence-corrected chi connectivity index (χ1v) is 5.60. The third-order valence-corrected chi connectivity index (χ3v) is 2.07. The lowest BCUT2D eigenvalue weighted by molar-refractivity contribution is -0.173. The molecule has 102 valence electrons. The van der Waals surface area contributed by atoms with E-state index >= 15 is 0 Å². The van der Waals surface area contributed by atoms with Gasteiger partial charge in [0.25, 0.3) is 0 Å². The lowest BCUT2D eigenvalue weighted by atomic mass is 10.4. The van der Waals surface area contributed by atoms with Gasteiger partial charge in [-0.2, -0.15) is 13.2 Å². The highest BCUT2D eigenvalue weighted by Gasteiger charge is 2.27. The molecule has 7 heteroatoms. The van der Waals surface area contributed by atoms with Gasteiger partial charge in [-0.15, -0.1) is 0 Å². The van der Waals surface area contributed by atoms with Crippen molar-refractivity contribution in [1.82, 2.24) is 4.90 Å². The highest BCUT2D eigenvalue weighted by atomic mass is 19.4. The fourth-order valence-electron chi connectivity index (χ4n) is 1.20. The molecule has 0 aliphatic rings. The van der Waals surface area contributed by atoms with Gasteiger partial charge in [-0.05, 0) is 20.3 Å².